The van der Waals surface area contributed by atoms with Crippen molar-refractivity contribution < 1.29 is 9.47 Å². The number of aryl methyl sites for hydroxylation is 1. The highest BCUT2D eigenvalue weighted by Crippen LogP contribution is 2.37. The van der Waals surface area contributed by atoms with Gasteiger partial charge in [-0.1, -0.05) is 42.5 Å². The number of rotatable bonds is 8. The summed E-state index contributed by atoms with van der Waals surface area (Å²) in [4.78, 5) is 0. The molecule has 3 aromatic rings. The van der Waals surface area contributed by atoms with Crippen molar-refractivity contribution in [2.75, 3.05) is 11.9 Å². The van der Waals surface area contributed by atoms with Crippen LogP contribution < -0.4 is 14.8 Å². The Morgan fingerprint density at radius 3 is 2.41 bits per heavy atom. The number of benzene rings is 3. The monoisotopic (exact) mass is 425 g/mol. The molecule has 0 saturated heterocycles. The fourth-order valence-corrected chi connectivity index (χ4v) is 3.41. The molecule has 0 aliphatic heterocycles. The van der Waals surface area contributed by atoms with Gasteiger partial charge < -0.3 is 14.8 Å². The van der Waals surface area contributed by atoms with E-state index in [1.807, 2.05) is 43.3 Å². The lowest BCUT2D eigenvalue weighted by Crippen LogP contribution is -2.04. The molecule has 0 atom stereocenters. The Morgan fingerprint density at radius 2 is 1.67 bits per heavy atom. The molecular formula is C23H24BrNO2. The fourth-order valence-electron chi connectivity index (χ4n) is 2.81. The van der Waals surface area contributed by atoms with Gasteiger partial charge in [-0.3, -0.25) is 0 Å². The van der Waals surface area contributed by atoms with E-state index in [1.54, 1.807) is 0 Å². The summed E-state index contributed by atoms with van der Waals surface area (Å²) >= 11 is 3.65. The zero-order chi connectivity index (χ0) is 19.1. The van der Waals surface area contributed by atoms with Gasteiger partial charge in [0.15, 0.2) is 11.5 Å². The van der Waals surface area contributed by atoms with E-state index in [4.69, 9.17) is 9.47 Å². The minimum Gasteiger partial charge on any atom is -0.490 e. The first kappa shape index (κ1) is 19.3. The van der Waals surface area contributed by atoms with Crippen LogP contribution in [0.5, 0.6) is 11.5 Å². The van der Waals surface area contributed by atoms with Crippen LogP contribution in [0, 0.1) is 6.92 Å². The molecule has 140 valence electrons. The van der Waals surface area contributed by atoms with Crippen molar-refractivity contribution in [3.63, 3.8) is 0 Å². The third-order valence-corrected chi connectivity index (χ3v) is 4.86. The molecule has 0 heterocycles. The SMILES string of the molecule is CCOc1cc(CNc2ccccc2)cc(Br)c1OCc1ccccc1C. The largest absolute Gasteiger partial charge is 0.490 e. The van der Waals surface area contributed by atoms with Crippen molar-refractivity contribution >= 4 is 21.6 Å². The van der Waals surface area contributed by atoms with E-state index in [2.05, 4.69) is 58.5 Å². The number of para-hydroxylation sites is 1. The molecule has 1 N–H and O–H groups in total. The molecule has 0 aliphatic rings. The molecule has 0 amide bonds. The summed E-state index contributed by atoms with van der Waals surface area (Å²) in [5.41, 5.74) is 4.60. The van der Waals surface area contributed by atoms with Crippen LogP contribution in [0.2, 0.25) is 0 Å². The zero-order valence-corrected chi connectivity index (χ0v) is 17.3. The normalized spacial score (nSPS) is 10.5. The standard InChI is InChI=1S/C23H24BrNO2/c1-3-26-22-14-18(15-25-20-11-5-4-6-12-20)13-21(24)23(22)27-16-19-10-8-7-9-17(19)2/h4-14,25H,3,15-16H2,1-2H3. The fraction of sp³-hybridized carbons (Fsp3) is 0.217. The summed E-state index contributed by atoms with van der Waals surface area (Å²) in [5, 5.41) is 3.43. The third-order valence-electron chi connectivity index (χ3n) is 4.27. The maximum Gasteiger partial charge on any atom is 0.175 e. The molecule has 0 saturated carbocycles. The van der Waals surface area contributed by atoms with Gasteiger partial charge >= 0.3 is 0 Å². The first-order valence-corrected chi connectivity index (χ1v) is 9.88. The Morgan fingerprint density at radius 1 is 0.926 bits per heavy atom. The Labute approximate surface area is 169 Å². The van der Waals surface area contributed by atoms with Crippen molar-refractivity contribution in [3.05, 3.63) is 87.9 Å². The van der Waals surface area contributed by atoms with Gasteiger partial charge in [0.2, 0.25) is 0 Å². The van der Waals surface area contributed by atoms with Crippen LogP contribution in [-0.2, 0) is 13.2 Å². The highest BCUT2D eigenvalue weighted by molar-refractivity contribution is 9.10. The Kier molecular flexibility index (Phi) is 6.77. The zero-order valence-electron chi connectivity index (χ0n) is 15.7. The molecule has 0 unspecified atom stereocenters. The second kappa shape index (κ2) is 9.47. The number of anilines is 1. The lowest BCUT2D eigenvalue weighted by molar-refractivity contribution is 0.267. The molecule has 3 nitrogen and oxygen atoms in total. The summed E-state index contributed by atoms with van der Waals surface area (Å²) in [6, 6.07) is 22.5. The average Bonchev–Trinajstić information content (AvgIpc) is 2.68. The van der Waals surface area contributed by atoms with Crippen LogP contribution in [-0.4, -0.2) is 6.61 Å². The van der Waals surface area contributed by atoms with E-state index in [1.165, 1.54) is 11.1 Å². The topological polar surface area (TPSA) is 30.5 Å². The van der Waals surface area contributed by atoms with E-state index in [0.29, 0.717) is 19.8 Å². The van der Waals surface area contributed by atoms with Gasteiger partial charge in [0.05, 0.1) is 11.1 Å². The predicted molar refractivity (Wildman–Crippen MR) is 115 cm³/mol. The van der Waals surface area contributed by atoms with Gasteiger partial charge in [-0.15, -0.1) is 0 Å². The van der Waals surface area contributed by atoms with Crippen LogP contribution in [0.4, 0.5) is 5.69 Å². The Hall–Kier alpha value is -2.46. The smallest absolute Gasteiger partial charge is 0.175 e. The van der Waals surface area contributed by atoms with Crippen molar-refractivity contribution in [1.29, 1.82) is 0 Å². The third kappa shape index (κ3) is 5.27. The molecule has 0 radical (unpaired) electrons. The highest BCUT2D eigenvalue weighted by Gasteiger charge is 2.13. The number of ether oxygens (including phenoxy) is 2. The minimum atomic E-state index is 0.507. The first-order chi connectivity index (χ1) is 13.2. The van der Waals surface area contributed by atoms with Crippen LogP contribution in [0.15, 0.2) is 71.2 Å². The van der Waals surface area contributed by atoms with E-state index >= 15 is 0 Å². The number of hydrogen-bond donors (Lipinski definition) is 1. The molecule has 0 spiro atoms. The Balaban J connectivity index is 1.76. The molecule has 3 aromatic carbocycles. The van der Waals surface area contributed by atoms with Crippen molar-refractivity contribution in [2.24, 2.45) is 0 Å². The molecule has 0 aromatic heterocycles. The molecule has 0 fully saturated rings. The highest BCUT2D eigenvalue weighted by atomic mass is 79.9. The Bertz CT molecular complexity index is 881. The van der Waals surface area contributed by atoms with Crippen LogP contribution in [0.3, 0.4) is 0 Å². The van der Waals surface area contributed by atoms with Gasteiger partial charge in [0.25, 0.3) is 0 Å². The number of nitrogens with one attached hydrogen (secondary N) is 1. The van der Waals surface area contributed by atoms with Crippen molar-refractivity contribution in [3.8, 4) is 11.5 Å². The van der Waals surface area contributed by atoms with Crippen LogP contribution in [0.1, 0.15) is 23.6 Å². The van der Waals surface area contributed by atoms with Crippen molar-refractivity contribution in [1.82, 2.24) is 0 Å². The molecule has 27 heavy (non-hydrogen) atoms. The minimum absolute atomic E-state index is 0.507. The summed E-state index contributed by atoms with van der Waals surface area (Å²) in [7, 11) is 0. The lowest BCUT2D eigenvalue weighted by Gasteiger charge is -2.16. The second-order valence-electron chi connectivity index (χ2n) is 6.27. The molecule has 0 aliphatic carbocycles. The predicted octanol–water partition coefficient (Wildman–Crippen LogP) is 6.35. The van der Waals surface area contributed by atoms with Crippen LogP contribution in [0.25, 0.3) is 0 Å². The van der Waals surface area contributed by atoms with E-state index in [9.17, 15) is 0 Å². The summed E-state index contributed by atoms with van der Waals surface area (Å²) in [6.07, 6.45) is 0. The number of hydrogen-bond acceptors (Lipinski definition) is 3. The van der Waals surface area contributed by atoms with Gasteiger partial charge in [-0.05, 0) is 70.7 Å². The van der Waals surface area contributed by atoms with Gasteiger partial charge in [-0.25, -0.2) is 0 Å². The molecule has 0 bridgehead atoms. The average molecular weight is 426 g/mol. The lowest BCUT2D eigenvalue weighted by atomic mass is 10.1. The molecule has 3 rings (SSSR count). The van der Waals surface area contributed by atoms with E-state index in [-0.39, 0.29) is 0 Å². The van der Waals surface area contributed by atoms with Gasteiger partial charge in [0.1, 0.15) is 6.61 Å². The summed E-state index contributed by atoms with van der Waals surface area (Å²) < 4.78 is 12.9. The van der Waals surface area contributed by atoms with Crippen molar-refractivity contribution in [2.45, 2.75) is 27.0 Å². The van der Waals surface area contributed by atoms with E-state index in [0.717, 1.165) is 27.2 Å². The maximum absolute atomic E-state index is 6.11. The summed E-state index contributed by atoms with van der Waals surface area (Å²) in [5.74, 6) is 1.49. The van der Waals surface area contributed by atoms with Gasteiger partial charge in [0, 0.05) is 12.2 Å². The maximum atomic E-state index is 6.11. The number of halogens is 1. The quantitative estimate of drug-likeness (QED) is 0.456. The summed E-state index contributed by atoms with van der Waals surface area (Å²) in [6.45, 7) is 5.87. The van der Waals surface area contributed by atoms with Gasteiger partial charge in [-0.2, -0.15) is 0 Å². The second-order valence-corrected chi connectivity index (χ2v) is 7.13. The van der Waals surface area contributed by atoms with Crippen LogP contribution >= 0.6 is 15.9 Å². The first-order valence-electron chi connectivity index (χ1n) is 9.09. The molecule has 4 heteroatoms. The van der Waals surface area contributed by atoms with E-state index < -0.39 is 0 Å². The molecular weight excluding hydrogens is 402 g/mol.